The van der Waals surface area contributed by atoms with Crippen LogP contribution < -0.4 is 16.0 Å². The molecule has 4 amide bonds. The number of benzene rings is 1. The maximum atomic E-state index is 13.7. The summed E-state index contributed by atoms with van der Waals surface area (Å²) in [5.74, 6) is -0.0644. The van der Waals surface area contributed by atoms with Gasteiger partial charge in [-0.25, -0.2) is 9.67 Å². The van der Waals surface area contributed by atoms with Gasteiger partial charge < -0.3 is 20.9 Å². The van der Waals surface area contributed by atoms with Crippen LogP contribution in [0.1, 0.15) is 61.9 Å². The number of aryl methyl sites for hydroxylation is 1. The summed E-state index contributed by atoms with van der Waals surface area (Å²) in [6.45, 7) is 6.74. The number of aromatic nitrogens is 4. The molecule has 2 aromatic heterocycles. The van der Waals surface area contributed by atoms with Crippen molar-refractivity contribution in [3.8, 4) is 0 Å². The standard InChI is InChI=1S/C32H42N8O4/c1-22(2)30-31-35-23(3)38-40(31)21-28(42)34-15-9-17-39(29(43)19-25-12-7-14-33-20-25)16-8-13-27(41)36-26(32(44)37-30)18-24-10-5-4-6-11-24/h4-7,10-12,14,20,22,26,30H,8-9,13,15-19,21H2,1-3H3,(H,34,42)(H,36,41)(H,37,44)/t26-,30+/m1/s1. The Balaban J connectivity index is 1.57. The SMILES string of the molecule is Cc1nc2n(n1)CC(=O)NCCCN(C(=O)Cc1cccnc1)CCCC(=O)N[C@H](Cc1ccccc1)C(=O)N[C@H]2C(C)C. The maximum Gasteiger partial charge on any atom is 0.243 e. The number of rotatable bonds is 5. The molecule has 0 bridgehead atoms. The van der Waals surface area contributed by atoms with E-state index in [2.05, 4.69) is 31.0 Å². The first-order chi connectivity index (χ1) is 21.2. The topological polar surface area (TPSA) is 151 Å². The smallest absolute Gasteiger partial charge is 0.243 e. The Morgan fingerprint density at radius 1 is 0.977 bits per heavy atom. The molecule has 44 heavy (non-hydrogen) atoms. The van der Waals surface area contributed by atoms with Crippen LogP contribution in [0.25, 0.3) is 0 Å². The van der Waals surface area contributed by atoms with E-state index in [9.17, 15) is 19.2 Å². The summed E-state index contributed by atoms with van der Waals surface area (Å²) in [5.41, 5.74) is 1.70. The predicted octanol–water partition coefficient (Wildman–Crippen LogP) is 1.89. The van der Waals surface area contributed by atoms with Crippen molar-refractivity contribution in [1.82, 2.24) is 40.6 Å². The van der Waals surface area contributed by atoms with Crippen LogP contribution in [0.4, 0.5) is 0 Å². The second-order valence-corrected chi connectivity index (χ2v) is 11.4. The third-order valence-electron chi connectivity index (χ3n) is 7.47. The number of hydrogen-bond donors (Lipinski definition) is 3. The van der Waals surface area contributed by atoms with Gasteiger partial charge >= 0.3 is 0 Å². The van der Waals surface area contributed by atoms with Crippen molar-refractivity contribution in [3.63, 3.8) is 0 Å². The molecule has 0 aliphatic carbocycles. The van der Waals surface area contributed by atoms with Gasteiger partial charge in [0, 0.05) is 44.9 Å². The molecule has 1 aromatic carbocycles. The molecule has 1 aliphatic heterocycles. The van der Waals surface area contributed by atoms with Gasteiger partial charge in [-0.1, -0.05) is 50.2 Å². The van der Waals surface area contributed by atoms with Crippen molar-refractivity contribution in [2.24, 2.45) is 5.92 Å². The van der Waals surface area contributed by atoms with E-state index in [-0.39, 0.29) is 48.9 Å². The van der Waals surface area contributed by atoms with Gasteiger partial charge in [0.25, 0.3) is 0 Å². The molecule has 0 fully saturated rings. The molecule has 3 N–H and O–H groups in total. The maximum absolute atomic E-state index is 13.7. The van der Waals surface area contributed by atoms with Gasteiger partial charge in [-0.15, -0.1) is 0 Å². The van der Waals surface area contributed by atoms with Crippen molar-refractivity contribution >= 4 is 23.6 Å². The molecule has 1 aliphatic rings. The molecular formula is C32H42N8O4. The summed E-state index contributed by atoms with van der Waals surface area (Å²) in [5, 5.41) is 13.3. The number of hydrogen-bond acceptors (Lipinski definition) is 7. The summed E-state index contributed by atoms with van der Waals surface area (Å²) in [6, 6.07) is 11.8. The highest BCUT2D eigenvalue weighted by atomic mass is 16.2. The van der Waals surface area contributed by atoms with Crippen LogP contribution in [0, 0.1) is 12.8 Å². The van der Waals surface area contributed by atoms with Crippen molar-refractivity contribution in [3.05, 3.63) is 77.6 Å². The van der Waals surface area contributed by atoms with Gasteiger partial charge in [0.1, 0.15) is 18.4 Å². The molecule has 3 aromatic rings. The van der Waals surface area contributed by atoms with E-state index in [1.807, 2.05) is 50.2 Å². The van der Waals surface area contributed by atoms with Gasteiger partial charge in [-0.2, -0.15) is 5.10 Å². The highest BCUT2D eigenvalue weighted by Gasteiger charge is 2.30. The summed E-state index contributed by atoms with van der Waals surface area (Å²) in [4.78, 5) is 63.4. The molecule has 0 saturated heterocycles. The van der Waals surface area contributed by atoms with Crippen LogP contribution >= 0.6 is 0 Å². The molecule has 0 saturated carbocycles. The van der Waals surface area contributed by atoms with E-state index >= 15 is 0 Å². The fraction of sp³-hybridized carbons (Fsp3) is 0.469. The third kappa shape index (κ3) is 9.45. The highest BCUT2D eigenvalue weighted by molar-refractivity contribution is 5.88. The van der Waals surface area contributed by atoms with Gasteiger partial charge in [-0.05, 0) is 42.9 Å². The average molecular weight is 603 g/mol. The number of carbonyl (C=O) groups is 4. The Kier molecular flexibility index (Phi) is 11.6. The Bertz CT molecular complexity index is 1410. The second-order valence-electron chi connectivity index (χ2n) is 11.4. The molecule has 0 unspecified atom stereocenters. The number of carbonyl (C=O) groups excluding carboxylic acids is 4. The normalized spacial score (nSPS) is 19.3. The van der Waals surface area contributed by atoms with Crippen LogP contribution in [0.15, 0.2) is 54.9 Å². The lowest BCUT2D eigenvalue weighted by atomic mass is 10.0. The molecule has 4 rings (SSSR count). The Hall–Kier alpha value is -4.61. The zero-order valence-electron chi connectivity index (χ0n) is 25.7. The molecule has 234 valence electrons. The lowest BCUT2D eigenvalue weighted by Crippen LogP contribution is -2.50. The molecule has 12 nitrogen and oxygen atoms in total. The van der Waals surface area contributed by atoms with Crippen molar-refractivity contribution in [2.75, 3.05) is 19.6 Å². The van der Waals surface area contributed by atoms with Crippen molar-refractivity contribution in [2.45, 2.75) is 71.5 Å². The Labute approximate surface area is 258 Å². The number of nitrogens with zero attached hydrogens (tertiary/aromatic N) is 5. The average Bonchev–Trinajstić information content (AvgIpc) is 3.35. The van der Waals surface area contributed by atoms with Gasteiger partial charge in [0.15, 0.2) is 5.82 Å². The Morgan fingerprint density at radius 2 is 1.73 bits per heavy atom. The van der Waals surface area contributed by atoms with Crippen molar-refractivity contribution < 1.29 is 19.2 Å². The van der Waals surface area contributed by atoms with Gasteiger partial charge in [-0.3, -0.25) is 24.2 Å². The minimum Gasteiger partial charge on any atom is -0.354 e. The first kappa shape index (κ1) is 32.3. The number of amides is 4. The lowest BCUT2D eigenvalue weighted by molar-refractivity contribution is -0.131. The number of nitrogens with one attached hydrogen (secondary N) is 3. The van der Waals surface area contributed by atoms with E-state index in [0.717, 1.165) is 11.1 Å². The highest BCUT2D eigenvalue weighted by Crippen LogP contribution is 2.21. The first-order valence-electron chi connectivity index (χ1n) is 15.2. The van der Waals surface area contributed by atoms with E-state index in [4.69, 9.17) is 0 Å². The van der Waals surface area contributed by atoms with E-state index in [1.54, 1.807) is 30.3 Å². The Morgan fingerprint density at radius 3 is 2.45 bits per heavy atom. The van der Waals surface area contributed by atoms with Crippen LogP contribution in [0.3, 0.4) is 0 Å². The molecular weight excluding hydrogens is 560 g/mol. The molecule has 0 radical (unpaired) electrons. The molecule has 2 atom stereocenters. The second kappa shape index (κ2) is 15.7. The zero-order chi connectivity index (χ0) is 31.5. The largest absolute Gasteiger partial charge is 0.354 e. The van der Waals surface area contributed by atoms with E-state index < -0.39 is 12.1 Å². The minimum absolute atomic E-state index is 0.0664. The molecule has 0 spiro atoms. The molecule has 3 heterocycles. The molecule has 12 heteroatoms. The van der Waals surface area contributed by atoms with Gasteiger partial charge in [0.2, 0.25) is 23.6 Å². The van der Waals surface area contributed by atoms with E-state index in [1.165, 1.54) is 4.68 Å². The quantitative estimate of drug-likeness (QED) is 0.404. The first-order valence-corrected chi connectivity index (χ1v) is 15.2. The summed E-state index contributed by atoms with van der Waals surface area (Å²) in [7, 11) is 0. The monoisotopic (exact) mass is 602 g/mol. The van der Waals surface area contributed by atoms with Crippen LogP contribution in [0.5, 0.6) is 0 Å². The zero-order valence-corrected chi connectivity index (χ0v) is 25.7. The van der Waals surface area contributed by atoms with Crippen molar-refractivity contribution in [1.29, 1.82) is 0 Å². The van der Waals surface area contributed by atoms with E-state index in [0.29, 0.717) is 50.5 Å². The lowest BCUT2D eigenvalue weighted by Gasteiger charge is -2.26. The summed E-state index contributed by atoms with van der Waals surface area (Å²) in [6.07, 6.45) is 4.93. The number of fused-ring (bicyclic) bond motifs is 1. The number of pyridine rings is 1. The minimum atomic E-state index is -0.839. The van der Waals surface area contributed by atoms with Crippen LogP contribution in [-0.4, -0.2) is 74.0 Å². The predicted molar refractivity (Wildman–Crippen MR) is 164 cm³/mol. The van der Waals surface area contributed by atoms with Gasteiger partial charge in [0.05, 0.1) is 12.5 Å². The fourth-order valence-corrected chi connectivity index (χ4v) is 5.20. The van der Waals surface area contributed by atoms with Crippen LogP contribution in [-0.2, 0) is 38.6 Å². The van der Waals surface area contributed by atoms with Crippen LogP contribution in [0.2, 0.25) is 0 Å². The third-order valence-corrected chi connectivity index (χ3v) is 7.47. The summed E-state index contributed by atoms with van der Waals surface area (Å²) >= 11 is 0. The summed E-state index contributed by atoms with van der Waals surface area (Å²) < 4.78 is 1.52. The fourth-order valence-electron chi connectivity index (χ4n) is 5.20.